The van der Waals surface area contributed by atoms with Crippen LogP contribution in [0.3, 0.4) is 0 Å². The number of urea groups is 1. The van der Waals surface area contributed by atoms with Gasteiger partial charge in [-0.3, -0.25) is 0 Å². The van der Waals surface area contributed by atoms with Crippen LogP contribution in [0.25, 0.3) is 0 Å². The number of aliphatic carboxylic acids is 1. The van der Waals surface area contributed by atoms with E-state index in [4.69, 9.17) is 14.6 Å². The first-order valence-electron chi connectivity index (χ1n) is 6.62. The molecular formula is C14H20N2O5. The number of hydrogen-bond donors (Lipinski definition) is 3. The molecule has 116 valence electrons. The first kappa shape index (κ1) is 16.8. The van der Waals surface area contributed by atoms with E-state index < -0.39 is 12.6 Å². The lowest BCUT2D eigenvalue weighted by Crippen LogP contribution is -2.35. The molecular weight excluding hydrogens is 276 g/mol. The van der Waals surface area contributed by atoms with Crippen LogP contribution >= 0.6 is 0 Å². The topological polar surface area (TPSA) is 96.9 Å². The molecule has 1 unspecified atom stereocenters. The van der Waals surface area contributed by atoms with E-state index in [1.54, 1.807) is 24.3 Å². The Kier molecular flexibility index (Phi) is 7.03. The average molecular weight is 296 g/mol. The summed E-state index contributed by atoms with van der Waals surface area (Å²) in [6.07, 6.45) is -0.0486. The van der Waals surface area contributed by atoms with Gasteiger partial charge >= 0.3 is 12.0 Å². The van der Waals surface area contributed by atoms with Gasteiger partial charge in [0.25, 0.3) is 0 Å². The molecule has 7 heteroatoms. The van der Waals surface area contributed by atoms with Gasteiger partial charge in [0.15, 0.2) is 6.61 Å². The van der Waals surface area contributed by atoms with Gasteiger partial charge in [-0.15, -0.1) is 0 Å². The van der Waals surface area contributed by atoms with Gasteiger partial charge < -0.3 is 25.2 Å². The van der Waals surface area contributed by atoms with Gasteiger partial charge in [-0.2, -0.15) is 0 Å². The van der Waals surface area contributed by atoms with Gasteiger partial charge in [-0.25, -0.2) is 9.59 Å². The standard InChI is InChI=1S/C14H20N2O5/c1-3-20-10(2)8-15-14(19)16-11-4-6-12(7-5-11)21-9-13(17)18/h4-7,10H,3,8-9H2,1-2H3,(H,17,18)(H2,15,16,19). The Labute approximate surface area is 123 Å². The van der Waals surface area contributed by atoms with Gasteiger partial charge in [-0.1, -0.05) is 0 Å². The number of carboxylic acids is 1. The summed E-state index contributed by atoms with van der Waals surface area (Å²) >= 11 is 0. The molecule has 3 N–H and O–H groups in total. The highest BCUT2D eigenvalue weighted by molar-refractivity contribution is 5.89. The highest BCUT2D eigenvalue weighted by Crippen LogP contribution is 2.15. The number of anilines is 1. The summed E-state index contributed by atoms with van der Waals surface area (Å²) in [6, 6.07) is 6.09. The number of carbonyl (C=O) groups is 2. The van der Waals surface area contributed by atoms with E-state index in [9.17, 15) is 9.59 Å². The molecule has 1 aromatic rings. The molecule has 7 nitrogen and oxygen atoms in total. The predicted molar refractivity (Wildman–Crippen MR) is 77.7 cm³/mol. The molecule has 0 radical (unpaired) electrons. The Morgan fingerprint density at radius 3 is 2.52 bits per heavy atom. The lowest BCUT2D eigenvalue weighted by atomic mass is 10.3. The molecule has 0 bridgehead atoms. The van der Waals surface area contributed by atoms with E-state index in [0.717, 1.165) is 0 Å². The Balaban J connectivity index is 2.37. The molecule has 0 aliphatic heterocycles. The highest BCUT2D eigenvalue weighted by atomic mass is 16.5. The second-order valence-corrected chi connectivity index (χ2v) is 4.31. The molecule has 1 atom stereocenters. The highest BCUT2D eigenvalue weighted by Gasteiger charge is 2.05. The lowest BCUT2D eigenvalue weighted by molar-refractivity contribution is -0.139. The van der Waals surface area contributed by atoms with Crippen LogP contribution in [-0.2, 0) is 9.53 Å². The van der Waals surface area contributed by atoms with Gasteiger partial charge in [0.05, 0.1) is 6.10 Å². The molecule has 0 saturated heterocycles. The number of ether oxygens (including phenoxy) is 2. The lowest BCUT2D eigenvalue weighted by Gasteiger charge is -2.13. The summed E-state index contributed by atoms with van der Waals surface area (Å²) in [5.74, 6) is -0.617. The number of benzene rings is 1. The molecule has 0 aliphatic rings. The van der Waals surface area contributed by atoms with Gasteiger partial charge in [0.1, 0.15) is 5.75 Å². The number of amides is 2. The second-order valence-electron chi connectivity index (χ2n) is 4.31. The van der Waals surface area contributed by atoms with E-state index >= 15 is 0 Å². The number of carboxylic acid groups (broad SMARTS) is 1. The van der Waals surface area contributed by atoms with Crippen LogP contribution < -0.4 is 15.4 Å². The Hall–Kier alpha value is -2.28. The van der Waals surface area contributed by atoms with E-state index in [1.165, 1.54) is 0 Å². The largest absolute Gasteiger partial charge is 0.482 e. The summed E-state index contributed by atoms with van der Waals surface area (Å²) in [4.78, 5) is 22.0. The van der Waals surface area contributed by atoms with E-state index in [1.807, 2.05) is 13.8 Å². The van der Waals surface area contributed by atoms with Crippen LogP contribution in [0.15, 0.2) is 24.3 Å². The smallest absolute Gasteiger partial charge is 0.341 e. The van der Waals surface area contributed by atoms with Crippen molar-refractivity contribution in [2.45, 2.75) is 20.0 Å². The van der Waals surface area contributed by atoms with Crippen molar-refractivity contribution in [3.63, 3.8) is 0 Å². The zero-order chi connectivity index (χ0) is 15.7. The first-order valence-corrected chi connectivity index (χ1v) is 6.62. The van der Waals surface area contributed by atoms with Crippen molar-refractivity contribution in [3.8, 4) is 5.75 Å². The zero-order valence-corrected chi connectivity index (χ0v) is 12.1. The average Bonchev–Trinajstić information content (AvgIpc) is 2.45. The molecule has 21 heavy (non-hydrogen) atoms. The molecule has 0 spiro atoms. The van der Waals surface area contributed by atoms with Crippen molar-refractivity contribution >= 4 is 17.7 Å². The van der Waals surface area contributed by atoms with Crippen molar-refractivity contribution in [1.82, 2.24) is 5.32 Å². The van der Waals surface area contributed by atoms with Crippen molar-refractivity contribution in [1.29, 1.82) is 0 Å². The molecule has 0 heterocycles. The predicted octanol–water partition coefficient (Wildman–Crippen LogP) is 1.70. The zero-order valence-electron chi connectivity index (χ0n) is 12.1. The first-order chi connectivity index (χ1) is 10.0. The molecule has 1 rings (SSSR count). The van der Waals surface area contributed by atoms with E-state index in [0.29, 0.717) is 24.6 Å². The maximum Gasteiger partial charge on any atom is 0.341 e. The minimum Gasteiger partial charge on any atom is -0.482 e. The third-order valence-electron chi connectivity index (χ3n) is 2.48. The third kappa shape index (κ3) is 7.17. The van der Waals surface area contributed by atoms with Gasteiger partial charge in [-0.05, 0) is 38.1 Å². The van der Waals surface area contributed by atoms with Crippen molar-refractivity contribution in [2.24, 2.45) is 0 Å². The Bertz CT molecular complexity index is 461. The maximum absolute atomic E-state index is 11.6. The van der Waals surface area contributed by atoms with Gasteiger partial charge in [0, 0.05) is 18.8 Å². The second kappa shape index (κ2) is 8.80. The molecule has 0 aliphatic carbocycles. The summed E-state index contributed by atoms with van der Waals surface area (Å²) in [5, 5.41) is 13.8. The number of carbonyl (C=O) groups excluding carboxylic acids is 1. The molecule has 0 aromatic heterocycles. The van der Waals surface area contributed by atoms with Crippen molar-refractivity contribution < 1.29 is 24.2 Å². The van der Waals surface area contributed by atoms with Crippen LogP contribution in [0.2, 0.25) is 0 Å². The number of hydrogen-bond acceptors (Lipinski definition) is 4. The fourth-order valence-electron chi connectivity index (χ4n) is 1.53. The third-order valence-corrected chi connectivity index (χ3v) is 2.48. The van der Waals surface area contributed by atoms with Gasteiger partial charge in [0.2, 0.25) is 0 Å². The quantitative estimate of drug-likeness (QED) is 0.678. The summed E-state index contributed by atoms with van der Waals surface area (Å²) in [6.45, 7) is 4.38. The number of nitrogens with one attached hydrogen (secondary N) is 2. The van der Waals surface area contributed by atoms with Crippen molar-refractivity contribution in [2.75, 3.05) is 25.1 Å². The molecule has 1 aromatic carbocycles. The monoisotopic (exact) mass is 296 g/mol. The Morgan fingerprint density at radius 2 is 1.95 bits per heavy atom. The normalized spacial score (nSPS) is 11.5. The summed E-state index contributed by atoms with van der Waals surface area (Å²) < 4.78 is 10.3. The van der Waals surface area contributed by atoms with E-state index in [2.05, 4.69) is 10.6 Å². The van der Waals surface area contributed by atoms with Crippen LogP contribution in [0.4, 0.5) is 10.5 Å². The minimum absolute atomic E-state index is 0.0486. The molecule has 2 amide bonds. The fourth-order valence-corrected chi connectivity index (χ4v) is 1.53. The molecule has 0 saturated carbocycles. The van der Waals surface area contributed by atoms with Crippen LogP contribution in [-0.4, -0.2) is 43.0 Å². The molecule has 0 fully saturated rings. The number of rotatable bonds is 8. The van der Waals surface area contributed by atoms with Crippen LogP contribution in [0, 0.1) is 0 Å². The van der Waals surface area contributed by atoms with Crippen LogP contribution in [0.1, 0.15) is 13.8 Å². The Morgan fingerprint density at radius 1 is 1.29 bits per heavy atom. The summed E-state index contributed by atoms with van der Waals surface area (Å²) in [7, 11) is 0. The minimum atomic E-state index is -1.04. The fraction of sp³-hybridized carbons (Fsp3) is 0.429. The maximum atomic E-state index is 11.6. The summed E-state index contributed by atoms with van der Waals surface area (Å²) in [5.41, 5.74) is 0.583. The SMILES string of the molecule is CCOC(C)CNC(=O)Nc1ccc(OCC(=O)O)cc1. The van der Waals surface area contributed by atoms with Crippen LogP contribution in [0.5, 0.6) is 5.75 Å². The van der Waals surface area contributed by atoms with Crippen molar-refractivity contribution in [3.05, 3.63) is 24.3 Å². The van der Waals surface area contributed by atoms with E-state index in [-0.39, 0.29) is 12.1 Å².